The first-order valence-electron chi connectivity index (χ1n) is 4.96. The molecule has 0 aliphatic heterocycles. The molecule has 0 unspecified atom stereocenters. The van der Waals surface area contributed by atoms with Crippen molar-refractivity contribution in [3.63, 3.8) is 0 Å². The van der Waals surface area contributed by atoms with E-state index >= 15 is 0 Å². The molecule has 0 aromatic rings. The van der Waals surface area contributed by atoms with E-state index in [-0.39, 0.29) is 11.8 Å². The lowest BCUT2D eigenvalue weighted by Crippen LogP contribution is -2.30. The van der Waals surface area contributed by atoms with Crippen LogP contribution < -0.4 is 5.32 Å². The minimum atomic E-state index is -0.184. The summed E-state index contributed by atoms with van der Waals surface area (Å²) in [5, 5.41) is 2.35. The van der Waals surface area contributed by atoms with Gasteiger partial charge in [-0.05, 0) is 5.92 Å². The van der Waals surface area contributed by atoms with E-state index in [0.717, 1.165) is 12.8 Å². The van der Waals surface area contributed by atoms with Gasteiger partial charge < -0.3 is 0 Å². The molecule has 13 heavy (non-hydrogen) atoms. The Morgan fingerprint density at radius 2 is 1.62 bits per heavy atom. The number of imide groups is 1. The quantitative estimate of drug-likeness (QED) is 0.710. The van der Waals surface area contributed by atoms with Gasteiger partial charge in [-0.15, -0.1) is 0 Å². The maximum absolute atomic E-state index is 11.2. The Morgan fingerprint density at radius 1 is 1.08 bits per heavy atom. The summed E-state index contributed by atoms with van der Waals surface area (Å²) in [6.07, 6.45) is 2.82. The molecular weight excluding hydrogens is 166 g/mol. The van der Waals surface area contributed by atoms with Crippen LogP contribution in [0.5, 0.6) is 0 Å². The fraction of sp³-hybridized carbons (Fsp3) is 0.800. The number of nitrogens with one attached hydrogen (secondary N) is 1. The Labute approximate surface area is 79.9 Å². The molecule has 3 nitrogen and oxygen atoms in total. The van der Waals surface area contributed by atoms with Crippen molar-refractivity contribution in [3.05, 3.63) is 0 Å². The van der Waals surface area contributed by atoms with E-state index in [2.05, 4.69) is 19.2 Å². The zero-order valence-corrected chi connectivity index (χ0v) is 8.72. The molecule has 0 saturated carbocycles. The Balaban J connectivity index is 3.79. The van der Waals surface area contributed by atoms with Crippen molar-refractivity contribution in [2.75, 3.05) is 0 Å². The molecule has 0 aliphatic carbocycles. The second-order valence-electron chi connectivity index (χ2n) is 3.21. The summed E-state index contributed by atoms with van der Waals surface area (Å²) in [5.74, 6) is 0.0844. The van der Waals surface area contributed by atoms with Crippen LogP contribution in [0.3, 0.4) is 0 Å². The Morgan fingerprint density at radius 3 is 2.00 bits per heavy atom. The summed E-state index contributed by atoms with van der Waals surface area (Å²) in [6, 6.07) is 0. The molecule has 3 heteroatoms. The van der Waals surface area contributed by atoms with Crippen molar-refractivity contribution in [1.82, 2.24) is 5.32 Å². The largest absolute Gasteiger partial charge is 0.296 e. The second kappa shape index (κ2) is 6.63. The van der Waals surface area contributed by atoms with Gasteiger partial charge in [0.05, 0.1) is 0 Å². The van der Waals surface area contributed by atoms with Crippen LogP contribution in [0.4, 0.5) is 0 Å². The van der Waals surface area contributed by atoms with E-state index in [1.807, 2.05) is 0 Å². The number of carbonyl (C=O) groups is 2. The molecule has 0 atom stereocenters. The van der Waals surface area contributed by atoms with Gasteiger partial charge in [0.15, 0.2) is 0 Å². The van der Waals surface area contributed by atoms with Crippen molar-refractivity contribution in [2.45, 2.75) is 46.5 Å². The van der Waals surface area contributed by atoms with Crippen LogP contribution >= 0.6 is 0 Å². The summed E-state index contributed by atoms with van der Waals surface area (Å²) in [5.41, 5.74) is 0. The Kier molecular flexibility index (Phi) is 6.20. The van der Waals surface area contributed by atoms with E-state index in [4.69, 9.17) is 0 Å². The lowest BCUT2D eigenvalue weighted by Gasteiger charge is -2.10. The van der Waals surface area contributed by atoms with Crippen molar-refractivity contribution in [2.24, 2.45) is 5.92 Å². The highest BCUT2D eigenvalue weighted by Gasteiger charge is 2.11. The zero-order valence-electron chi connectivity index (χ0n) is 8.72. The van der Waals surface area contributed by atoms with Crippen LogP contribution in [0, 0.1) is 5.92 Å². The standard InChI is InChI=1S/C10H19NO2/c1-4-8(5-2)7-10(13)11-9(12)6-3/h8H,4-7H2,1-3H3,(H,11,12,13). The maximum Gasteiger partial charge on any atom is 0.226 e. The molecule has 0 bridgehead atoms. The van der Waals surface area contributed by atoms with E-state index in [1.165, 1.54) is 0 Å². The van der Waals surface area contributed by atoms with Gasteiger partial charge in [-0.25, -0.2) is 0 Å². The number of amides is 2. The molecule has 0 aromatic carbocycles. The van der Waals surface area contributed by atoms with E-state index in [0.29, 0.717) is 18.8 Å². The fourth-order valence-electron chi connectivity index (χ4n) is 1.13. The van der Waals surface area contributed by atoms with E-state index < -0.39 is 0 Å². The van der Waals surface area contributed by atoms with Crippen molar-refractivity contribution >= 4 is 11.8 Å². The predicted octanol–water partition coefficient (Wildman–Crippen LogP) is 1.87. The van der Waals surface area contributed by atoms with Crippen LogP contribution in [0.1, 0.15) is 46.5 Å². The summed E-state index contributed by atoms with van der Waals surface area (Å²) in [7, 11) is 0. The Bertz CT molecular complexity index is 174. The molecule has 0 saturated heterocycles. The van der Waals surface area contributed by atoms with E-state index in [9.17, 15) is 9.59 Å². The topological polar surface area (TPSA) is 46.2 Å². The summed E-state index contributed by atoms with van der Waals surface area (Å²) >= 11 is 0. The lowest BCUT2D eigenvalue weighted by atomic mass is 9.99. The van der Waals surface area contributed by atoms with Crippen LogP contribution in [0.15, 0.2) is 0 Å². The van der Waals surface area contributed by atoms with Crippen LogP contribution in [-0.4, -0.2) is 11.8 Å². The van der Waals surface area contributed by atoms with Gasteiger partial charge in [0.1, 0.15) is 0 Å². The Hall–Kier alpha value is -0.860. The minimum absolute atomic E-state index is 0.138. The number of rotatable bonds is 5. The van der Waals surface area contributed by atoms with Gasteiger partial charge >= 0.3 is 0 Å². The SMILES string of the molecule is CCC(=O)NC(=O)CC(CC)CC. The highest BCUT2D eigenvalue weighted by molar-refractivity contribution is 5.95. The predicted molar refractivity (Wildman–Crippen MR) is 52.1 cm³/mol. The van der Waals surface area contributed by atoms with Crippen LogP contribution in [-0.2, 0) is 9.59 Å². The smallest absolute Gasteiger partial charge is 0.226 e. The van der Waals surface area contributed by atoms with Crippen molar-refractivity contribution in [3.8, 4) is 0 Å². The van der Waals surface area contributed by atoms with Gasteiger partial charge in [-0.1, -0.05) is 33.6 Å². The summed E-state index contributed by atoms with van der Waals surface area (Å²) in [6.45, 7) is 5.85. The van der Waals surface area contributed by atoms with Crippen LogP contribution in [0.25, 0.3) is 0 Å². The normalized spacial score (nSPS) is 10.2. The number of carbonyl (C=O) groups excluding carboxylic acids is 2. The maximum atomic E-state index is 11.2. The highest BCUT2D eigenvalue weighted by Crippen LogP contribution is 2.11. The van der Waals surface area contributed by atoms with Gasteiger partial charge in [-0.3, -0.25) is 14.9 Å². The highest BCUT2D eigenvalue weighted by atomic mass is 16.2. The molecule has 2 amide bonds. The number of hydrogen-bond donors (Lipinski definition) is 1. The third-order valence-corrected chi connectivity index (χ3v) is 2.23. The van der Waals surface area contributed by atoms with E-state index in [1.54, 1.807) is 6.92 Å². The first-order chi connectivity index (χ1) is 6.13. The number of hydrogen-bond acceptors (Lipinski definition) is 2. The third kappa shape index (κ3) is 5.39. The first-order valence-corrected chi connectivity index (χ1v) is 4.96. The molecule has 1 N–H and O–H groups in total. The summed E-state index contributed by atoms with van der Waals surface area (Å²) in [4.78, 5) is 22.1. The van der Waals surface area contributed by atoms with Gasteiger partial charge in [0, 0.05) is 12.8 Å². The molecular formula is C10H19NO2. The van der Waals surface area contributed by atoms with Crippen molar-refractivity contribution < 1.29 is 9.59 Å². The monoisotopic (exact) mass is 185 g/mol. The van der Waals surface area contributed by atoms with Gasteiger partial charge in [0.2, 0.25) is 11.8 Å². The summed E-state index contributed by atoms with van der Waals surface area (Å²) < 4.78 is 0. The first kappa shape index (κ1) is 12.1. The molecule has 0 aromatic heterocycles. The molecule has 0 rings (SSSR count). The average Bonchev–Trinajstić information content (AvgIpc) is 2.13. The molecule has 76 valence electrons. The lowest BCUT2D eigenvalue weighted by molar-refractivity contribution is -0.130. The van der Waals surface area contributed by atoms with Crippen LogP contribution in [0.2, 0.25) is 0 Å². The second-order valence-corrected chi connectivity index (χ2v) is 3.21. The molecule has 0 spiro atoms. The molecule has 0 aliphatic rings. The minimum Gasteiger partial charge on any atom is -0.296 e. The van der Waals surface area contributed by atoms with Crippen molar-refractivity contribution in [1.29, 1.82) is 0 Å². The molecule has 0 heterocycles. The average molecular weight is 185 g/mol. The third-order valence-electron chi connectivity index (χ3n) is 2.23. The van der Waals surface area contributed by atoms with Gasteiger partial charge in [0.25, 0.3) is 0 Å². The van der Waals surface area contributed by atoms with Gasteiger partial charge in [-0.2, -0.15) is 0 Å². The molecule has 0 fully saturated rings. The molecule has 0 radical (unpaired) electrons. The fourth-order valence-corrected chi connectivity index (χ4v) is 1.13. The zero-order chi connectivity index (χ0) is 10.3.